The highest BCUT2D eigenvalue weighted by molar-refractivity contribution is 5.98. The van der Waals surface area contributed by atoms with Gasteiger partial charge in [0, 0.05) is 24.8 Å². The molecule has 0 aromatic heterocycles. The quantitative estimate of drug-likeness (QED) is 0.774. The number of carbonyl (C=O) groups is 2. The summed E-state index contributed by atoms with van der Waals surface area (Å²) in [7, 11) is 1.58. The monoisotopic (exact) mass is 277 g/mol. The van der Waals surface area contributed by atoms with Crippen LogP contribution < -0.4 is 16.0 Å². The SMILES string of the molecule is CNC(=O)c1cccc(NC(=O)NCCC(C)C)c1C. The molecule has 3 amide bonds. The van der Waals surface area contributed by atoms with Gasteiger partial charge in [0.15, 0.2) is 0 Å². The second kappa shape index (κ2) is 7.53. The van der Waals surface area contributed by atoms with Crippen LogP contribution in [0.1, 0.15) is 36.2 Å². The molecule has 1 aromatic carbocycles. The first-order valence-corrected chi connectivity index (χ1v) is 6.82. The van der Waals surface area contributed by atoms with Gasteiger partial charge in [-0.3, -0.25) is 4.79 Å². The van der Waals surface area contributed by atoms with Gasteiger partial charge in [0.25, 0.3) is 5.91 Å². The van der Waals surface area contributed by atoms with Crippen LogP contribution in [0.2, 0.25) is 0 Å². The van der Waals surface area contributed by atoms with Crippen molar-refractivity contribution in [3.63, 3.8) is 0 Å². The maximum Gasteiger partial charge on any atom is 0.319 e. The summed E-state index contributed by atoms with van der Waals surface area (Å²) in [5.74, 6) is 0.389. The van der Waals surface area contributed by atoms with Crippen molar-refractivity contribution in [1.29, 1.82) is 0 Å². The zero-order valence-electron chi connectivity index (χ0n) is 12.5. The number of urea groups is 1. The van der Waals surface area contributed by atoms with E-state index in [1.807, 2.05) is 6.92 Å². The van der Waals surface area contributed by atoms with Crippen LogP contribution >= 0.6 is 0 Å². The summed E-state index contributed by atoms with van der Waals surface area (Å²) >= 11 is 0. The molecule has 0 fully saturated rings. The number of hydrogen-bond acceptors (Lipinski definition) is 2. The molecular weight excluding hydrogens is 254 g/mol. The van der Waals surface area contributed by atoms with Gasteiger partial charge in [0.2, 0.25) is 0 Å². The molecule has 20 heavy (non-hydrogen) atoms. The van der Waals surface area contributed by atoms with Crippen LogP contribution in [0.15, 0.2) is 18.2 Å². The molecule has 3 N–H and O–H groups in total. The molecule has 0 atom stereocenters. The molecule has 1 aromatic rings. The molecule has 0 bridgehead atoms. The number of rotatable bonds is 5. The van der Waals surface area contributed by atoms with E-state index < -0.39 is 0 Å². The fraction of sp³-hybridized carbons (Fsp3) is 0.467. The van der Waals surface area contributed by atoms with Gasteiger partial charge < -0.3 is 16.0 Å². The predicted octanol–water partition coefficient (Wildman–Crippen LogP) is 2.52. The number of benzene rings is 1. The summed E-state index contributed by atoms with van der Waals surface area (Å²) in [6.07, 6.45) is 0.935. The Kier molecular flexibility index (Phi) is 6.03. The third-order valence-electron chi connectivity index (χ3n) is 3.06. The van der Waals surface area contributed by atoms with E-state index in [0.29, 0.717) is 23.7 Å². The van der Waals surface area contributed by atoms with Crippen molar-refractivity contribution in [1.82, 2.24) is 10.6 Å². The summed E-state index contributed by atoms with van der Waals surface area (Å²) in [5.41, 5.74) is 1.96. The summed E-state index contributed by atoms with van der Waals surface area (Å²) < 4.78 is 0. The van der Waals surface area contributed by atoms with Crippen LogP contribution in [0, 0.1) is 12.8 Å². The Morgan fingerprint density at radius 2 is 1.95 bits per heavy atom. The highest BCUT2D eigenvalue weighted by atomic mass is 16.2. The van der Waals surface area contributed by atoms with E-state index in [-0.39, 0.29) is 11.9 Å². The van der Waals surface area contributed by atoms with Crippen LogP contribution in [-0.2, 0) is 0 Å². The molecular formula is C15H23N3O2. The molecule has 0 heterocycles. The largest absolute Gasteiger partial charge is 0.355 e. The first-order valence-electron chi connectivity index (χ1n) is 6.82. The van der Waals surface area contributed by atoms with Gasteiger partial charge in [-0.25, -0.2) is 4.79 Å². The lowest BCUT2D eigenvalue weighted by Crippen LogP contribution is -2.30. The Bertz CT molecular complexity index is 484. The number of amides is 3. The van der Waals surface area contributed by atoms with E-state index in [9.17, 15) is 9.59 Å². The fourth-order valence-corrected chi connectivity index (χ4v) is 1.79. The van der Waals surface area contributed by atoms with Crippen molar-refractivity contribution < 1.29 is 9.59 Å². The second-order valence-corrected chi connectivity index (χ2v) is 5.12. The molecule has 0 radical (unpaired) electrons. The number of nitrogens with one attached hydrogen (secondary N) is 3. The van der Waals surface area contributed by atoms with Crippen molar-refractivity contribution in [2.75, 3.05) is 18.9 Å². The minimum atomic E-state index is -0.247. The van der Waals surface area contributed by atoms with Crippen LogP contribution in [0.3, 0.4) is 0 Å². The predicted molar refractivity (Wildman–Crippen MR) is 81.0 cm³/mol. The van der Waals surface area contributed by atoms with E-state index in [1.165, 1.54) is 0 Å². The Morgan fingerprint density at radius 1 is 1.25 bits per heavy atom. The van der Waals surface area contributed by atoms with E-state index in [4.69, 9.17) is 0 Å². The minimum Gasteiger partial charge on any atom is -0.355 e. The summed E-state index contributed by atoms with van der Waals surface area (Å²) in [4.78, 5) is 23.5. The topological polar surface area (TPSA) is 70.2 Å². The van der Waals surface area contributed by atoms with Crippen molar-refractivity contribution in [2.45, 2.75) is 27.2 Å². The average molecular weight is 277 g/mol. The van der Waals surface area contributed by atoms with Crippen LogP contribution in [0.25, 0.3) is 0 Å². The number of anilines is 1. The highest BCUT2D eigenvalue weighted by Gasteiger charge is 2.11. The molecule has 0 saturated heterocycles. The van der Waals surface area contributed by atoms with Crippen LogP contribution in [0.4, 0.5) is 10.5 Å². The normalized spacial score (nSPS) is 10.2. The third kappa shape index (κ3) is 4.57. The summed E-state index contributed by atoms with van der Waals surface area (Å²) in [5, 5.41) is 8.16. The highest BCUT2D eigenvalue weighted by Crippen LogP contribution is 2.18. The van der Waals surface area contributed by atoms with Crippen molar-refractivity contribution >= 4 is 17.6 Å². The maximum absolute atomic E-state index is 11.8. The molecule has 0 unspecified atom stereocenters. The molecule has 0 saturated carbocycles. The molecule has 0 spiro atoms. The first-order chi connectivity index (χ1) is 9.45. The van der Waals surface area contributed by atoms with Crippen LogP contribution in [-0.4, -0.2) is 25.5 Å². The molecule has 0 aliphatic rings. The Hall–Kier alpha value is -2.04. The number of carbonyl (C=O) groups excluding carboxylic acids is 2. The Balaban J connectivity index is 2.68. The number of hydrogen-bond donors (Lipinski definition) is 3. The minimum absolute atomic E-state index is 0.161. The standard InChI is InChI=1S/C15H23N3O2/c1-10(2)8-9-17-15(20)18-13-7-5-6-12(11(13)3)14(19)16-4/h5-7,10H,8-9H2,1-4H3,(H,16,19)(H2,17,18,20). The fourth-order valence-electron chi connectivity index (χ4n) is 1.79. The molecule has 5 heteroatoms. The molecule has 5 nitrogen and oxygen atoms in total. The molecule has 1 rings (SSSR count). The van der Waals surface area contributed by atoms with Crippen molar-refractivity contribution in [3.8, 4) is 0 Å². The van der Waals surface area contributed by atoms with Crippen LogP contribution in [0.5, 0.6) is 0 Å². The van der Waals surface area contributed by atoms with E-state index in [0.717, 1.165) is 12.0 Å². The zero-order valence-corrected chi connectivity index (χ0v) is 12.5. The van der Waals surface area contributed by atoms with Gasteiger partial charge in [0.05, 0.1) is 0 Å². The van der Waals surface area contributed by atoms with Gasteiger partial charge in [0.1, 0.15) is 0 Å². The van der Waals surface area contributed by atoms with Gasteiger partial charge in [-0.15, -0.1) is 0 Å². The second-order valence-electron chi connectivity index (χ2n) is 5.12. The van der Waals surface area contributed by atoms with Crippen molar-refractivity contribution in [2.24, 2.45) is 5.92 Å². The van der Waals surface area contributed by atoms with Gasteiger partial charge in [-0.1, -0.05) is 19.9 Å². The van der Waals surface area contributed by atoms with E-state index in [2.05, 4.69) is 29.8 Å². The first kappa shape index (κ1) is 16.0. The summed E-state index contributed by atoms with van der Waals surface area (Å²) in [6.45, 7) is 6.67. The summed E-state index contributed by atoms with van der Waals surface area (Å²) in [6, 6.07) is 5.02. The lowest BCUT2D eigenvalue weighted by atomic mass is 10.1. The lowest BCUT2D eigenvalue weighted by Gasteiger charge is -2.13. The molecule has 0 aliphatic carbocycles. The Morgan fingerprint density at radius 3 is 2.55 bits per heavy atom. The van der Waals surface area contributed by atoms with E-state index >= 15 is 0 Å². The zero-order chi connectivity index (χ0) is 15.1. The van der Waals surface area contributed by atoms with Gasteiger partial charge in [-0.05, 0) is 37.0 Å². The smallest absolute Gasteiger partial charge is 0.319 e. The Labute approximate surface area is 120 Å². The maximum atomic E-state index is 11.8. The molecule has 0 aliphatic heterocycles. The van der Waals surface area contributed by atoms with Gasteiger partial charge in [-0.2, -0.15) is 0 Å². The average Bonchev–Trinajstić information content (AvgIpc) is 2.40. The lowest BCUT2D eigenvalue weighted by molar-refractivity contribution is 0.0962. The van der Waals surface area contributed by atoms with Gasteiger partial charge >= 0.3 is 6.03 Å². The van der Waals surface area contributed by atoms with Crippen molar-refractivity contribution in [3.05, 3.63) is 29.3 Å². The molecule has 110 valence electrons. The third-order valence-corrected chi connectivity index (χ3v) is 3.06. The van der Waals surface area contributed by atoms with E-state index in [1.54, 1.807) is 25.2 Å².